The lowest BCUT2D eigenvalue weighted by atomic mass is 10.2. The maximum atomic E-state index is 11.3. The van der Waals surface area contributed by atoms with Crippen molar-refractivity contribution in [2.24, 2.45) is 0 Å². The third-order valence-electron chi connectivity index (χ3n) is 2.47. The zero-order valence-electron chi connectivity index (χ0n) is 10.9. The van der Waals surface area contributed by atoms with Crippen LogP contribution in [0.3, 0.4) is 0 Å². The number of alkyl halides is 1. The summed E-state index contributed by atoms with van der Waals surface area (Å²) in [5.74, 6) is -0.267. The van der Waals surface area contributed by atoms with Crippen molar-refractivity contribution in [3.8, 4) is 0 Å². The molecular weight excluding hydrogens is 290 g/mol. The summed E-state index contributed by atoms with van der Waals surface area (Å²) >= 11 is 3.32. The van der Waals surface area contributed by atoms with Crippen LogP contribution in [0, 0.1) is 0 Å². The highest BCUT2D eigenvalue weighted by Gasteiger charge is 2.22. The van der Waals surface area contributed by atoms with E-state index in [0.29, 0.717) is 19.8 Å². The Bertz CT molecular complexity index is 216. The van der Waals surface area contributed by atoms with Gasteiger partial charge in [0.1, 0.15) is 4.83 Å². The van der Waals surface area contributed by atoms with Gasteiger partial charge in [-0.3, -0.25) is 9.69 Å². The van der Waals surface area contributed by atoms with E-state index in [-0.39, 0.29) is 16.8 Å². The summed E-state index contributed by atoms with van der Waals surface area (Å²) in [5, 5.41) is 0. The second-order valence-electron chi connectivity index (χ2n) is 3.78. The van der Waals surface area contributed by atoms with Gasteiger partial charge in [-0.1, -0.05) is 15.9 Å². The number of rotatable bonds is 9. The maximum absolute atomic E-state index is 11.3. The van der Waals surface area contributed by atoms with Crippen molar-refractivity contribution >= 4 is 21.9 Å². The number of hydrogen-bond donors (Lipinski definition) is 0. The molecule has 0 fully saturated rings. The fraction of sp³-hybridized carbons (Fsp3) is 0.909. The van der Waals surface area contributed by atoms with Crippen molar-refractivity contribution in [1.82, 2.24) is 4.90 Å². The highest BCUT2D eigenvalue weighted by atomic mass is 79.9. The van der Waals surface area contributed by atoms with Crippen LogP contribution in [0.25, 0.3) is 0 Å². The summed E-state index contributed by atoms with van der Waals surface area (Å²) in [4.78, 5) is 13.1. The summed E-state index contributed by atoms with van der Waals surface area (Å²) in [6, 6.07) is 0.222. The molecule has 5 nitrogen and oxygen atoms in total. The molecule has 0 radical (unpaired) electrons. The molecule has 0 rings (SSSR count). The average molecular weight is 312 g/mol. The van der Waals surface area contributed by atoms with Crippen molar-refractivity contribution in [3.63, 3.8) is 0 Å². The van der Waals surface area contributed by atoms with Crippen LogP contribution in [0.2, 0.25) is 0 Å². The smallest absolute Gasteiger partial charge is 0.320 e. The number of hydrogen-bond acceptors (Lipinski definition) is 5. The van der Waals surface area contributed by atoms with Gasteiger partial charge < -0.3 is 14.2 Å². The van der Waals surface area contributed by atoms with E-state index >= 15 is 0 Å². The minimum atomic E-state index is -0.330. The first-order valence-corrected chi connectivity index (χ1v) is 6.42. The first-order chi connectivity index (χ1) is 8.06. The molecule has 0 spiro atoms. The molecule has 0 saturated heterocycles. The predicted octanol–water partition coefficient (Wildman–Crippen LogP) is 0.906. The van der Waals surface area contributed by atoms with Crippen molar-refractivity contribution in [2.45, 2.75) is 17.8 Å². The van der Waals surface area contributed by atoms with Crippen LogP contribution in [0.15, 0.2) is 0 Å². The van der Waals surface area contributed by atoms with Crippen molar-refractivity contribution in [1.29, 1.82) is 0 Å². The molecule has 102 valence electrons. The van der Waals surface area contributed by atoms with E-state index < -0.39 is 0 Å². The standard InChI is InChI=1S/C11H22BrNO4/c1-9(8-16-3)13(5-6-15-2)7-10(12)11(14)17-4/h9-10H,5-8H2,1-4H3. The number of carbonyl (C=O) groups is 1. The van der Waals surface area contributed by atoms with Gasteiger partial charge in [-0.15, -0.1) is 0 Å². The summed E-state index contributed by atoms with van der Waals surface area (Å²) in [5.41, 5.74) is 0. The van der Waals surface area contributed by atoms with Crippen LogP contribution in [-0.2, 0) is 19.0 Å². The molecule has 0 aliphatic carbocycles. The van der Waals surface area contributed by atoms with Crippen LogP contribution >= 0.6 is 15.9 Å². The van der Waals surface area contributed by atoms with E-state index in [1.165, 1.54) is 7.11 Å². The fourth-order valence-electron chi connectivity index (χ4n) is 1.46. The largest absolute Gasteiger partial charge is 0.468 e. The van der Waals surface area contributed by atoms with Crippen LogP contribution in [0.1, 0.15) is 6.92 Å². The Morgan fingerprint density at radius 2 is 1.94 bits per heavy atom. The van der Waals surface area contributed by atoms with Gasteiger partial charge in [0.05, 0.1) is 20.3 Å². The normalized spacial score (nSPS) is 14.7. The zero-order chi connectivity index (χ0) is 13.3. The van der Waals surface area contributed by atoms with Gasteiger partial charge in [-0.2, -0.15) is 0 Å². The number of carbonyl (C=O) groups excluding carboxylic acids is 1. The average Bonchev–Trinajstić information content (AvgIpc) is 2.33. The molecule has 0 heterocycles. The Morgan fingerprint density at radius 3 is 2.41 bits per heavy atom. The molecule has 0 aromatic rings. The quantitative estimate of drug-likeness (QED) is 0.468. The summed E-state index contributed by atoms with van der Waals surface area (Å²) in [7, 11) is 4.71. The first kappa shape index (κ1) is 16.8. The zero-order valence-corrected chi connectivity index (χ0v) is 12.5. The van der Waals surface area contributed by atoms with Gasteiger partial charge in [-0.25, -0.2) is 0 Å². The molecule has 0 N–H and O–H groups in total. The highest BCUT2D eigenvalue weighted by Crippen LogP contribution is 2.08. The summed E-state index contributed by atoms with van der Waals surface area (Å²) in [6.45, 7) is 4.61. The lowest BCUT2D eigenvalue weighted by Crippen LogP contribution is -2.43. The van der Waals surface area contributed by atoms with E-state index in [4.69, 9.17) is 9.47 Å². The first-order valence-electron chi connectivity index (χ1n) is 5.50. The third kappa shape index (κ3) is 6.98. The van der Waals surface area contributed by atoms with Crippen molar-refractivity contribution in [3.05, 3.63) is 0 Å². The number of nitrogens with zero attached hydrogens (tertiary/aromatic N) is 1. The maximum Gasteiger partial charge on any atom is 0.320 e. The van der Waals surface area contributed by atoms with Crippen LogP contribution in [0.4, 0.5) is 0 Å². The van der Waals surface area contributed by atoms with Crippen LogP contribution < -0.4 is 0 Å². The lowest BCUT2D eigenvalue weighted by Gasteiger charge is -2.29. The van der Waals surface area contributed by atoms with Crippen molar-refractivity contribution in [2.75, 3.05) is 47.6 Å². The van der Waals surface area contributed by atoms with Gasteiger partial charge in [0, 0.05) is 33.4 Å². The Hall–Kier alpha value is -0.170. The predicted molar refractivity (Wildman–Crippen MR) is 69.5 cm³/mol. The van der Waals surface area contributed by atoms with Gasteiger partial charge in [0.25, 0.3) is 0 Å². The molecule has 0 aromatic heterocycles. The third-order valence-corrected chi connectivity index (χ3v) is 3.13. The van der Waals surface area contributed by atoms with E-state index in [1.807, 2.05) is 0 Å². The minimum Gasteiger partial charge on any atom is -0.468 e. The van der Waals surface area contributed by atoms with E-state index in [2.05, 4.69) is 32.5 Å². The topological polar surface area (TPSA) is 48.0 Å². The Labute approximate surface area is 112 Å². The van der Waals surface area contributed by atoms with Gasteiger partial charge in [0.15, 0.2) is 0 Å². The number of halogens is 1. The highest BCUT2D eigenvalue weighted by molar-refractivity contribution is 9.10. The SMILES string of the molecule is COCCN(CC(Br)C(=O)OC)C(C)COC. The number of ether oxygens (including phenoxy) is 3. The molecule has 0 bridgehead atoms. The van der Waals surface area contributed by atoms with E-state index in [0.717, 1.165) is 6.54 Å². The molecule has 0 amide bonds. The second-order valence-corrected chi connectivity index (χ2v) is 4.89. The number of esters is 1. The summed E-state index contributed by atoms with van der Waals surface area (Å²) in [6.07, 6.45) is 0. The van der Waals surface area contributed by atoms with Gasteiger partial charge in [-0.05, 0) is 6.92 Å². The lowest BCUT2D eigenvalue weighted by molar-refractivity contribution is -0.140. The second kappa shape index (κ2) is 9.82. The Morgan fingerprint density at radius 1 is 1.29 bits per heavy atom. The molecule has 6 heteroatoms. The molecule has 0 aliphatic heterocycles. The number of methoxy groups -OCH3 is 3. The van der Waals surface area contributed by atoms with Crippen molar-refractivity contribution < 1.29 is 19.0 Å². The molecule has 17 heavy (non-hydrogen) atoms. The summed E-state index contributed by atoms with van der Waals surface area (Å²) < 4.78 is 14.9. The molecule has 0 saturated carbocycles. The molecule has 0 aliphatic rings. The Kier molecular flexibility index (Phi) is 9.72. The molecule has 2 atom stereocenters. The Balaban J connectivity index is 4.30. The van der Waals surface area contributed by atoms with Crippen LogP contribution in [0.5, 0.6) is 0 Å². The molecular formula is C11H22BrNO4. The van der Waals surface area contributed by atoms with Gasteiger partial charge in [0.2, 0.25) is 0 Å². The van der Waals surface area contributed by atoms with E-state index in [1.54, 1.807) is 14.2 Å². The molecule has 0 aromatic carbocycles. The fourth-order valence-corrected chi connectivity index (χ4v) is 2.01. The monoisotopic (exact) mass is 311 g/mol. The van der Waals surface area contributed by atoms with Crippen LogP contribution in [-0.4, -0.2) is 69.4 Å². The minimum absolute atomic E-state index is 0.222. The molecule has 2 unspecified atom stereocenters. The van der Waals surface area contributed by atoms with Gasteiger partial charge >= 0.3 is 5.97 Å². The van der Waals surface area contributed by atoms with E-state index in [9.17, 15) is 4.79 Å².